The first-order chi connectivity index (χ1) is 8.61. The van der Waals surface area contributed by atoms with Crippen LogP contribution >= 0.6 is 11.6 Å². The van der Waals surface area contributed by atoms with Crippen molar-refractivity contribution in [1.82, 2.24) is 4.98 Å². The first-order valence-electron chi connectivity index (χ1n) is 5.52. The lowest BCUT2D eigenvalue weighted by Gasteiger charge is -2.10. The van der Waals surface area contributed by atoms with Crippen LogP contribution in [0.1, 0.15) is 24.1 Å². The zero-order chi connectivity index (χ0) is 13.1. The Morgan fingerprint density at radius 3 is 2.67 bits per heavy atom. The average molecular weight is 258 g/mol. The van der Waals surface area contributed by atoms with Gasteiger partial charge in [0.05, 0.1) is 5.56 Å². The van der Waals surface area contributed by atoms with Gasteiger partial charge in [0, 0.05) is 29.0 Å². The van der Waals surface area contributed by atoms with E-state index in [1.54, 1.807) is 12.3 Å². The summed E-state index contributed by atoms with van der Waals surface area (Å²) in [7, 11) is 0. The summed E-state index contributed by atoms with van der Waals surface area (Å²) in [5.74, 6) is 0. The first-order valence-corrected chi connectivity index (χ1v) is 5.90. The molecule has 1 heterocycles. The molecule has 0 aliphatic carbocycles. The van der Waals surface area contributed by atoms with Gasteiger partial charge in [0.15, 0.2) is 0 Å². The number of pyridine rings is 1. The lowest BCUT2D eigenvalue weighted by atomic mass is 10.0. The van der Waals surface area contributed by atoms with Crippen LogP contribution in [-0.4, -0.2) is 4.98 Å². The maximum absolute atomic E-state index is 8.85. The van der Waals surface area contributed by atoms with E-state index in [9.17, 15) is 0 Å². The van der Waals surface area contributed by atoms with Crippen molar-refractivity contribution in [1.29, 1.82) is 5.26 Å². The number of rotatable bonds is 2. The minimum Gasteiger partial charge on any atom is -0.324 e. The van der Waals surface area contributed by atoms with Crippen molar-refractivity contribution < 1.29 is 0 Å². The number of hydrogen-bond acceptors (Lipinski definition) is 3. The molecule has 0 bridgehead atoms. The standard InChI is InChI=1S/C14H12ClN3/c1-9(17)13-3-2-11(5-14(13)15)12-4-10(6-16)7-18-8-12/h2-5,7-9H,17H2,1H3. The predicted octanol–water partition coefficient (Wildman–Crippen LogP) is 3.29. The molecule has 0 amide bonds. The summed E-state index contributed by atoms with van der Waals surface area (Å²) in [5, 5.41) is 9.48. The summed E-state index contributed by atoms with van der Waals surface area (Å²) in [6.45, 7) is 1.89. The van der Waals surface area contributed by atoms with Crippen LogP contribution in [0.4, 0.5) is 0 Å². The van der Waals surface area contributed by atoms with Crippen LogP contribution in [0.3, 0.4) is 0 Å². The minimum absolute atomic E-state index is 0.102. The van der Waals surface area contributed by atoms with E-state index < -0.39 is 0 Å². The number of aromatic nitrogens is 1. The zero-order valence-electron chi connectivity index (χ0n) is 9.89. The number of hydrogen-bond donors (Lipinski definition) is 1. The Kier molecular flexibility index (Phi) is 3.61. The molecule has 90 valence electrons. The Morgan fingerprint density at radius 1 is 1.28 bits per heavy atom. The van der Waals surface area contributed by atoms with Gasteiger partial charge in [-0.2, -0.15) is 5.26 Å². The molecule has 2 aromatic rings. The van der Waals surface area contributed by atoms with E-state index in [0.29, 0.717) is 10.6 Å². The molecule has 1 atom stereocenters. The second-order valence-corrected chi connectivity index (χ2v) is 4.51. The molecule has 0 aliphatic heterocycles. The molecule has 0 radical (unpaired) electrons. The fourth-order valence-electron chi connectivity index (χ4n) is 1.73. The molecule has 0 saturated carbocycles. The van der Waals surface area contributed by atoms with Crippen LogP contribution in [0.2, 0.25) is 5.02 Å². The Bertz CT molecular complexity index is 615. The third kappa shape index (κ3) is 2.51. The largest absolute Gasteiger partial charge is 0.324 e. The SMILES string of the molecule is CC(N)c1ccc(-c2cncc(C#N)c2)cc1Cl. The van der Waals surface area contributed by atoms with Crippen molar-refractivity contribution in [2.45, 2.75) is 13.0 Å². The van der Waals surface area contributed by atoms with Gasteiger partial charge in [0.2, 0.25) is 0 Å². The van der Waals surface area contributed by atoms with Crippen LogP contribution in [0.15, 0.2) is 36.7 Å². The van der Waals surface area contributed by atoms with E-state index >= 15 is 0 Å². The van der Waals surface area contributed by atoms with Crippen molar-refractivity contribution in [3.63, 3.8) is 0 Å². The van der Waals surface area contributed by atoms with Crippen molar-refractivity contribution in [3.8, 4) is 17.2 Å². The molecule has 0 saturated heterocycles. The summed E-state index contributed by atoms with van der Waals surface area (Å²) < 4.78 is 0. The van der Waals surface area contributed by atoms with Gasteiger partial charge in [-0.25, -0.2) is 0 Å². The number of nitrogens with two attached hydrogens (primary N) is 1. The Balaban J connectivity index is 2.46. The number of nitriles is 1. The summed E-state index contributed by atoms with van der Waals surface area (Å²) in [6.07, 6.45) is 3.24. The van der Waals surface area contributed by atoms with E-state index in [-0.39, 0.29) is 6.04 Å². The average Bonchev–Trinajstić information content (AvgIpc) is 2.38. The molecule has 0 spiro atoms. The molecule has 4 heteroatoms. The minimum atomic E-state index is -0.102. The summed E-state index contributed by atoms with van der Waals surface area (Å²) in [5.41, 5.74) is 9.04. The lowest BCUT2D eigenvalue weighted by molar-refractivity contribution is 0.819. The summed E-state index contributed by atoms with van der Waals surface area (Å²) in [4.78, 5) is 4.03. The maximum Gasteiger partial charge on any atom is 0.101 e. The predicted molar refractivity (Wildman–Crippen MR) is 72.0 cm³/mol. The quantitative estimate of drug-likeness (QED) is 0.898. The lowest BCUT2D eigenvalue weighted by Crippen LogP contribution is -2.05. The van der Waals surface area contributed by atoms with Gasteiger partial charge in [-0.3, -0.25) is 4.98 Å². The van der Waals surface area contributed by atoms with Gasteiger partial charge in [-0.15, -0.1) is 0 Å². The summed E-state index contributed by atoms with van der Waals surface area (Å²) in [6, 6.07) is 9.43. The van der Waals surface area contributed by atoms with E-state index in [2.05, 4.69) is 11.1 Å². The fourth-order valence-corrected chi connectivity index (χ4v) is 2.09. The second-order valence-electron chi connectivity index (χ2n) is 4.10. The normalized spacial score (nSPS) is 11.9. The highest BCUT2D eigenvalue weighted by atomic mass is 35.5. The molecule has 1 unspecified atom stereocenters. The Labute approximate surface area is 111 Å². The zero-order valence-corrected chi connectivity index (χ0v) is 10.6. The molecular formula is C14H12ClN3. The summed E-state index contributed by atoms with van der Waals surface area (Å²) >= 11 is 6.18. The van der Waals surface area contributed by atoms with Crippen LogP contribution < -0.4 is 5.73 Å². The monoisotopic (exact) mass is 257 g/mol. The van der Waals surface area contributed by atoms with E-state index in [1.165, 1.54) is 6.20 Å². The highest BCUT2D eigenvalue weighted by molar-refractivity contribution is 6.31. The number of benzene rings is 1. The van der Waals surface area contributed by atoms with Gasteiger partial charge in [-0.05, 0) is 30.2 Å². The fraction of sp³-hybridized carbons (Fsp3) is 0.143. The number of nitrogens with zero attached hydrogens (tertiary/aromatic N) is 2. The highest BCUT2D eigenvalue weighted by Crippen LogP contribution is 2.28. The van der Waals surface area contributed by atoms with Gasteiger partial charge in [0.25, 0.3) is 0 Å². The molecule has 1 aromatic heterocycles. The van der Waals surface area contributed by atoms with Gasteiger partial charge in [0.1, 0.15) is 6.07 Å². The molecule has 18 heavy (non-hydrogen) atoms. The van der Waals surface area contributed by atoms with Crippen molar-refractivity contribution in [2.24, 2.45) is 5.73 Å². The van der Waals surface area contributed by atoms with Crippen molar-refractivity contribution in [2.75, 3.05) is 0 Å². The molecule has 2 N–H and O–H groups in total. The van der Waals surface area contributed by atoms with Crippen LogP contribution in [0, 0.1) is 11.3 Å². The van der Waals surface area contributed by atoms with Crippen molar-refractivity contribution in [3.05, 3.63) is 52.8 Å². The molecule has 3 nitrogen and oxygen atoms in total. The topological polar surface area (TPSA) is 62.7 Å². The van der Waals surface area contributed by atoms with Gasteiger partial charge in [-0.1, -0.05) is 23.7 Å². The highest BCUT2D eigenvalue weighted by Gasteiger charge is 2.07. The Hall–Kier alpha value is -1.89. The van der Waals surface area contributed by atoms with Crippen LogP contribution in [0.5, 0.6) is 0 Å². The molecular weight excluding hydrogens is 246 g/mol. The molecule has 1 aromatic carbocycles. The van der Waals surface area contributed by atoms with Crippen molar-refractivity contribution >= 4 is 11.6 Å². The third-order valence-electron chi connectivity index (χ3n) is 2.69. The van der Waals surface area contributed by atoms with E-state index in [0.717, 1.165) is 16.7 Å². The molecule has 2 rings (SSSR count). The third-order valence-corrected chi connectivity index (χ3v) is 3.02. The van der Waals surface area contributed by atoms with Gasteiger partial charge >= 0.3 is 0 Å². The molecule has 0 fully saturated rings. The van der Waals surface area contributed by atoms with E-state index in [4.69, 9.17) is 22.6 Å². The van der Waals surface area contributed by atoms with Gasteiger partial charge < -0.3 is 5.73 Å². The number of halogens is 1. The molecule has 0 aliphatic rings. The Morgan fingerprint density at radius 2 is 2.06 bits per heavy atom. The van der Waals surface area contributed by atoms with E-state index in [1.807, 2.05) is 25.1 Å². The van der Waals surface area contributed by atoms with Crippen LogP contribution in [-0.2, 0) is 0 Å². The maximum atomic E-state index is 8.85. The first kappa shape index (κ1) is 12.6. The second kappa shape index (κ2) is 5.18. The van der Waals surface area contributed by atoms with Crippen LogP contribution in [0.25, 0.3) is 11.1 Å². The smallest absolute Gasteiger partial charge is 0.101 e.